The molecule has 0 aliphatic carbocycles. The molecule has 1 aliphatic rings. The number of aromatic amines is 1. The number of ether oxygens (including phenoxy) is 5. The zero-order valence-electron chi connectivity index (χ0n) is 24.2. The second kappa shape index (κ2) is 14.0. The Labute approximate surface area is 260 Å². The fourth-order valence-electron chi connectivity index (χ4n) is 4.58. The molecule has 3 N–H and O–H groups in total. The third-order valence-corrected chi connectivity index (χ3v) is 6.78. The van der Waals surface area contributed by atoms with E-state index in [4.69, 9.17) is 23.7 Å². The van der Waals surface area contributed by atoms with Gasteiger partial charge < -0.3 is 34.0 Å². The maximum atomic E-state index is 15.2. The quantitative estimate of drug-likeness (QED) is 0.230. The van der Waals surface area contributed by atoms with Gasteiger partial charge in [0, 0.05) is 35.1 Å². The number of benzene rings is 3. The molecular formula is C32H27F2N5O7. The highest BCUT2D eigenvalue weighted by Gasteiger charge is 2.16. The molecule has 0 fully saturated rings. The van der Waals surface area contributed by atoms with Crippen LogP contribution in [0.1, 0.15) is 0 Å². The van der Waals surface area contributed by atoms with E-state index in [0.717, 1.165) is 6.07 Å². The molecule has 0 spiro atoms. The zero-order valence-corrected chi connectivity index (χ0v) is 24.2. The minimum Gasteiger partial charge on any atom is -0.487 e. The Hall–Kier alpha value is -5.60. The van der Waals surface area contributed by atoms with Crippen LogP contribution < -0.4 is 30.3 Å². The molecule has 12 nitrogen and oxygen atoms in total. The van der Waals surface area contributed by atoms with Crippen molar-refractivity contribution in [2.75, 3.05) is 50.3 Å². The lowest BCUT2D eigenvalue weighted by molar-refractivity contribution is 0.0224. The number of amides is 1. The van der Waals surface area contributed by atoms with Crippen molar-refractivity contribution in [3.63, 3.8) is 0 Å². The normalized spacial score (nSPS) is 13.7. The molecule has 0 atom stereocenters. The first-order valence-corrected chi connectivity index (χ1v) is 14.2. The van der Waals surface area contributed by atoms with Crippen LogP contribution in [-0.2, 0) is 9.47 Å². The predicted molar refractivity (Wildman–Crippen MR) is 164 cm³/mol. The summed E-state index contributed by atoms with van der Waals surface area (Å²) >= 11 is 0. The monoisotopic (exact) mass is 631 g/mol. The molecule has 14 heteroatoms. The summed E-state index contributed by atoms with van der Waals surface area (Å²) in [5.41, 5.74) is 0.691. The van der Waals surface area contributed by atoms with Gasteiger partial charge in [-0.2, -0.15) is 0 Å². The van der Waals surface area contributed by atoms with E-state index >= 15 is 4.39 Å². The van der Waals surface area contributed by atoms with Crippen LogP contribution in [0.3, 0.4) is 0 Å². The lowest BCUT2D eigenvalue weighted by Gasteiger charge is -2.17. The standard InChI is InChI=1S/C32H27F2N5O7/c33-20-3-1-19(2-4-20)23-16-35-17-29(30(23)40)46-32(41)38-21-5-6-25(24(34)13-21)39-31-22-14-27-28(15-26(22)36-18-37-31)45-12-10-43-8-7-42-9-11-44-27/h1-6,13-18H,7-12H2,(H,35,40)(H,38,41)(H,36,37,39). The van der Waals surface area contributed by atoms with Gasteiger partial charge in [0.2, 0.25) is 5.43 Å². The second-order valence-electron chi connectivity index (χ2n) is 9.86. The van der Waals surface area contributed by atoms with Crippen LogP contribution in [0.15, 0.2) is 78.1 Å². The number of pyridine rings is 1. The number of H-pyrrole nitrogens is 1. The van der Waals surface area contributed by atoms with Gasteiger partial charge in [-0.15, -0.1) is 0 Å². The van der Waals surface area contributed by atoms with E-state index in [2.05, 4.69) is 25.6 Å². The Kier molecular flexibility index (Phi) is 9.27. The summed E-state index contributed by atoms with van der Waals surface area (Å²) in [5, 5.41) is 5.91. The molecule has 5 aromatic rings. The summed E-state index contributed by atoms with van der Waals surface area (Å²) in [6.45, 7) is 2.22. The van der Waals surface area contributed by atoms with Crippen molar-refractivity contribution in [3.05, 3.63) is 95.2 Å². The van der Waals surface area contributed by atoms with Gasteiger partial charge >= 0.3 is 6.09 Å². The molecule has 2 aromatic heterocycles. The van der Waals surface area contributed by atoms with Crippen molar-refractivity contribution in [1.29, 1.82) is 0 Å². The molecule has 1 aliphatic heterocycles. The topological polar surface area (TPSA) is 146 Å². The lowest BCUT2D eigenvalue weighted by Crippen LogP contribution is -2.21. The minimum absolute atomic E-state index is 0.0675. The van der Waals surface area contributed by atoms with E-state index in [1.165, 1.54) is 55.1 Å². The first kappa shape index (κ1) is 30.4. The van der Waals surface area contributed by atoms with Crippen molar-refractivity contribution in [2.45, 2.75) is 0 Å². The summed E-state index contributed by atoms with van der Waals surface area (Å²) in [6.07, 6.45) is 2.94. The number of rotatable bonds is 5. The number of carbonyl (C=O) groups is 1. The van der Waals surface area contributed by atoms with E-state index < -0.39 is 23.2 Å². The van der Waals surface area contributed by atoms with Crippen molar-refractivity contribution < 1.29 is 37.3 Å². The van der Waals surface area contributed by atoms with E-state index in [1.54, 1.807) is 12.1 Å². The highest BCUT2D eigenvalue weighted by Crippen LogP contribution is 2.35. The van der Waals surface area contributed by atoms with E-state index in [1.807, 2.05) is 0 Å². The summed E-state index contributed by atoms with van der Waals surface area (Å²) < 4.78 is 56.4. The van der Waals surface area contributed by atoms with Gasteiger partial charge in [-0.1, -0.05) is 12.1 Å². The third kappa shape index (κ3) is 7.20. The number of fused-ring (bicyclic) bond motifs is 2. The maximum Gasteiger partial charge on any atom is 0.417 e. The van der Waals surface area contributed by atoms with Gasteiger partial charge in [0.25, 0.3) is 0 Å². The molecule has 0 bridgehead atoms. The molecule has 46 heavy (non-hydrogen) atoms. The number of nitrogens with zero attached hydrogens (tertiary/aromatic N) is 2. The molecule has 236 valence electrons. The fraction of sp³-hybridized carbons (Fsp3) is 0.188. The average molecular weight is 632 g/mol. The first-order valence-electron chi connectivity index (χ1n) is 14.2. The Morgan fingerprint density at radius 1 is 0.848 bits per heavy atom. The number of aromatic nitrogens is 3. The number of hydrogen-bond donors (Lipinski definition) is 3. The van der Waals surface area contributed by atoms with Crippen LogP contribution in [0.2, 0.25) is 0 Å². The largest absolute Gasteiger partial charge is 0.487 e. The van der Waals surface area contributed by atoms with Crippen LogP contribution in [0, 0.1) is 11.6 Å². The van der Waals surface area contributed by atoms with Crippen LogP contribution in [0.5, 0.6) is 17.2 Å². The smallest absolute Gasteiger partial charge is 0.417 e. The molecule has 0 radical (unpaired) electrons. The Bertz CT molecular complexity index is 1920. The Balaban J connectivity index is 1.16. The predicted octanol–water partition coefficient (Wildman–Crippen LogP) is 5.42. The molecule has 3 heterocycles. The second-order valence-corrected chi connectivity index (χ2v) is 9.86. The number of hydrogen-bond acceptors (Lipinski definition) is 10. The summed E-state index contributed by atoms with van der Waals surface area (Å²) in [6, 6.07) is 12.6. The number of nitrogens with one attached hydrogen (secondary N) is 3. The number of halogens is 2. The molecule has 3 aromatic carbocycles. The first-order chi connectivity index (χ1) is 22.4. The van der Waals surface area contributed by atoms with Crippen molar-refractivity contribution in [2.24, 2.45) is 0 Å². The van der Waals surface area contributed by atoms with Crippen molar-refractivity contribution in [3.8, 4) is 28.4 Å². The number of anilines is 3. The molecule has 0 saturated heterocycles. The van der Waals surface area contributed by atoms with Crippen molar-refractivity contribution in [1.82, 2.24) is 15.0 Å². The number of carbonyl (C=O) groups excluding carboxylic acids is 1. The molecule has 1 amide bonds. The van der Waals surface area contributed by atoms with E-state index in [-0.39, 0.29) is 29.3 Å². The van der Waals surface area contributed by atoms with Gasteiger partial charge in [0.05, 0.1) is 37.6 Å². The van der Waals surface area contributed by atoms with Crippen LogP contribution >= 0.6 is 0 Å². The maximum absolute atomic E-state index is 15.2. The highest BCUT2D eigenvalue weighted by molar-refractivity contribution is 5.93. The molecule has 0 unspecified atom stereocenters. The highest BCUT2D eigenvalue weighted by atomic mass is 19.1. The SMILES string of the molecule is O=C(Nc1ccc(Nc2ncnc3cc4c(cc23)OCCOCCOCCO4)c(F)c1)Oc1c[nH]cc(-c2ccc(F)cc2)c1=O. The fourth-order valence-corrected chi connectivity index (χ4v) is 4.58. The van der Waals surface area contributed by atoms with Gasteiger partial charge in [0.15, 0.2) is 17.2 Å². The average Bonchev–Trinajstić information content (AvgIpc) is 3.04. The Morgan fingerprint density at radius 3 is 2.30 bits per heavy atom. The lowest BCUT2D eigenvalue weighted by atomic mass is 10.1. The molecule has 6 rings (SSSR count). The van der Waals surface area contributed by atoms with E-state index in [9.17, 15) is 14.0 Å². The van der Waals surface area contributed by atoms with Crippen molar-refractivity contribution >= 4 is 34.2 Å². The summed E-state index contributed by atoms with van der Waals surface area (Å²) in [7, 11) is 0. The van der Waals surface area contributed by atoms with Gasteiger partial charge in [-0.3, -0.25) is 10.1 Å². The van der Waals surface area contributed by atoms with Gasteiger partial charge in [-0.05, 0) is 42.0 Å². The summed E-state index contributed by atoms with van der Waals surface area (Å²) in [4.78, 5) is 36.8. The Morgan fingerprint density at radius 2 is 1.57 bits per heavy atom. The third-order valence-electron chi connectivity index (χ3n) is 6.78. The van der Waals surface area contributed by atoms with Gasteiger partial charge in [-0.25, -0.2) is 23.5 Å². The van der Waals surface area contributed by atoms with Crippen LogP contribution in [-0.4, -0.2) is 60.7 Å². The minimum atomic E-state index is -1.02. The molecule has 0 saturated carbocycles. The van der Waals surface area contributed by atoms with Crippen LogP contribution in [0.25, 0.3) is 22.0 Å². The zero-order chi connectivity index (χ0) is 31.9. The van der Waals surface area contributed by atoms with Gasteiger partial charge in [0.1, 0.15) is 37.0 Å². The molecular weight excluding hydrogens is 604 g/mol. The van der Waals surface area contributed by atoms with Crippen LogP contribution in [0.4, 0.5) is 30.8 Å². The summed E-state index contributed by atoms with van der Waals surface area (Å²) in [5.74, 6) is -0.239. The van der Waals surface area contributed by atoms with E-state index in [0.29, 0.717) is 66.8 Å².